The maximum atomic E-state index is 13.1. The van der Waals surface area contributed by atoms with E-state index in [0.717, 1.165) is 11.1 Å². The molecule has 1 saturated heterocycles. The number of ether oxygens (including phenoxy) is 2. The molecule has 0 spiro atoms. The van der Waals surface area contributed by atoms with Crippen LogP contribution in [0.15, 0.2) is 41.3 Å². The standard InChI is InChI=1S/C30H33N3O6S2/c1-29(2,3)20-10-18(9-19(13-20)26(36)31-14-25(35)39-30(4,5)6)15-33-21-11-17(7-8-22(21)38-16-24(33)34)12-23-27(37)32-28(40)41-23/h7-13H,14-16H2,1-6H3,(H,31,36)(H,32,37,40)/b23-12+. The van der Waals surface area contributed by atoms with Crippen molar-refractivity contribution in [3.63, 3.8) is 0 Å². The van der Waals surface area contributed by atoms with Gasteiger partial charge in [-0.25, -0.2) is 0 Å². The number of rotatable bonds is 6. The van der Waals surface area contributed by atoms with Crippen molar-refractivity contribution in [2.75, 3.05) is 18.1 Å². The van der Waals surface area contributed by atoms with E-state index >= 15 is 0 Å². The lowest BCUT2D eigenvalue weighted by Crippen LogP contribution is -2.38. The minimum absolute atomic E-state index is 0.123. The van der Waals surface area contributed by atoms with Crippen LogP contribution in [0.3, 0.4) is 0 Å². The monoisotopic (exact) mass is 595 g/mol. The summed E-state index contributed by atoms with van der Waals surface area (Å²) in [6.07, 6.45) is 1.71. The fraction of sp³-hybridized carbons (Fsp3) is 0.367. The zero-order chi connectivity index (χ0) is 30.1. The number of thiocarbonyl (C=S) groups is 1. The van der Waals surface area contributed by atoms with Crippen LogP contribution in [0.4, 0.5) is 5.69 Å². The van der Waals surface area contributed by atoms with E-state index < -0.39 is 17.5 Å². The van der Waals surface area contributed by atoms with E-state index in [4.69, 9.17) is 21.7 Å². The summed E-state index contributed by atoms with van der Waals surface area (Å²) in [5.74, 6) is -0.925. The number of fused-ring (bicyclic) bond motifs is 1. The Hall–Kier alpha value is -3.70. The average molecular weight is 596 g/mol. The molecular formula is C30H33N3O6S2. The lowest BCUT2D eigenvalue weighted by Gasteiger charge is -2.30. The molecule has 0 aromatic heterocycles. The van der Waals surface area contributed by atoms with E-state index in [-0.39, 0.29) is 36.9 Å². The molecule has 41 heavy (non-hydrogen) atoms. The third-order valence-corrected chi connectivity index (χ3v) is 7.30. The number of benzene rings is 2. The molecule has 0 radical (unpaired) electrons. The normalized spacial score (nSPS) is 16.3. The molecule has 2 N–H and O–H groups in total. The van der Waals surface area contributed by atoms with E-state index in [0.29, 0.717) is 31.8 Å². The molecule has 0 aliphatic carbocycles. The van der Waals surface area contributed by atoms with Crippen molar-refractivity contribution in [2.45, 2.75) is 59.1 Å². The van der Waals surface area contributed by atoms with Crippen LogP contribution in [-0.4, -0.2) is 46.8 Å². The van der Waals surface area contributed by atoms with Gasteiger partial charge in [-0.1, -0.05) is 56.9 Å². The number of thioether (sulfide) groups is 1. The summed E-state index contributed by atoms with van der Waals surface area (Å²) in [6, 6.07) is 10.8. The van der Waals surface area contributed by atoms with E-state index in [2.05, 4.69) is 10.6 Å². The number of nitrogens with one attached hydrogen (secondary N) is 2. The summed E-state index contributed by atoms with van der Waals surface area (Å²) >= 11 is 6.25. The number of carbonyl (C=O) groups is 4. The van der Waals surface area contributed by atoms with Crippen molar-refractivity contribution in [3.8, 4) is 5.75 Å². The number of esters is 1. The Morgan fingerprint density at radius 3 is 2.49 bits per heavy atom. The first-order chi connectivity index (χ1) is 19.1. The molecule has 2 aliphatic rings. The van der Waals surface area contributed by atoms with Crippen LogP contribution in [0.5, 0.6) is 5.75 Å². The van der Waals surface area contributed by atoms with Crippen LogP contribution >= 0.6 is 24.0 Å². The molecule has 0 atom stereocenters. The molecule has 4 rings (SSSR count). The van der Waals surface area contributed by atoms with Crippen LogP contribution in [-0.2, 0) is 31.1 Å². The van der Waals surface area contributed by atoms with Crippen LogP contribution < -0.4 is 20.3 Å². The number of amides is 3. The number of hydrogen-bond donors (Lipinski definition) is 2. The molecule has 2 heterocycles. The van der Waals surface area contributed by atoms with Crippen molar-refractivity contribution in [1.82, 2.24) is 10.6 Å². The van der Waals surface area contributed by atoms with Crippen LogP contribution in [0, 0.1) is 0 Å². The van der Waals surface area contributed by atoms with Gasteiger partial charge in [-0.05, 0) is 73.2 Å². The van der Waals surface area contributed by atoms with Gasteiger partial charge in [-0.2, -0.15) is 0 Å². The molecule has 2 aromatic rings. The van der Waals surface area contributed by atoms with Gasteiger partial charge in [-0.15, -0.1) is 0 Å². The highest BCUT2D eigenvalue weighted by Gasteiger charge is 2.28. The molecule has 11 heteroatoms. The van der Waals surface area contributed by atoms with E-state index in [1.54, 1.807) is 56.0 Å². The van der Waals surface area contributed by atoms with Crippen molar-refractivity contribution < 1.29 is 28.7 Å². The maximum absolute atomic E-state index is 13.1. The van der Waals surface area contributed by atoms with Gasteiger partial charge in [0.25, 0.3) is 17.7 Å². The molecule has 0 unspecified atom stereocenters. The van der Waals surface area contributed by atoms with Crippen LogP contribution in [0.1, 0.15) is 68.6 Å². The predicted octanol–water partition coefficient (Wildman–Crippen LogP) is 4.47. The summed E-state index contributed by atoms with van der Waals surface area (Å²) in [5.41, 5.74) is 2.32. The third-order valence-electron chi connectivity index (χ3n) is 6.14. The van der Waals surface area contributed by atoms with Gasteiger partial charge in [0, 0.05) is 5.56 Å². The van der Waals surface area contributed by atoms with Crippen molar-refractivity contribution >= 4 is 63.8 Å². The largest absolute Gasteiger partial charge is 0.482 e. The first kappa shape index (κ1) is 30.3. The van der Waals surface area contributed by atoms with Gasteiger partial charge >= 0.3 is 5.97 Å². The first-order valence-corrected chi connectivity index (χ1v) is 14.3. The van der Waals surface area contributed by atoms with Gasteiger partial charge in [0.15, 0.2) is 6.61 Å². The Balaban J connectivity index is 1.63. The second-order valence-corrected chi connectivity index (χ2v) is 13.5. The Morgan fingerprint density at radius 2 is 1.85 bits per heavy atom. The minimum Gasteiger partial charge on any atom is -0.482 e. The van der Waals surface area contributed by atoms with Crippen LogP contribution in [0.2, 0.25) is 0 Å². The summed E-state index contributed by atoms with van der Waals surface area (Å²) in [6.45, 7) is 11.2. The van der Waals surface area contributed by atoms with Crippen molar-refractivity contribution in [1.29, 1.82) is 0 Å². The minimum atomic E-state index is -0.659. The molecule has 1 fully saturated rings. The molecule has 216 valence electrons. The highest BCUT2D eigenvalue weighted by atomic mass is 32.2. The van der Waals surface area contributed by atoms with Crippen molar-refractivity contribution in [3.05, 3.63) is 63.6 Å². The second-order valence-electron chi connectivity index (χ2n) is 11.8. The smallest absolute Gasteiger partial charge is 0.325 e. The zero-order valence-corrected chi connectivity index (χ0v) is 25.5. The number of carbonyl (C=O) groups excluding carboxylic acids is 4. The molecule has 3 amide bonds. The van der Waals surface area contributed by atoms with Crippen LogP contribution in [0.25, 0.3) is 6.08 Å². The van der Waals surface area contributed by atoms with Gasteiger partial charge in [0.05, 0.1) is 17.1 Å². The summed E-state index contributed by atoms with van der Waals surface area (Å²) in [4.78, 5) is 52.5. The Bertz CT molecular complexity index is 1470. The van der Waals surface area contributed by atoms with E-state index in [1.807, 2.05) is 32.9 Å². The fourth-order valence-corrected chi connectivity index (χ4v) is 5.26. The highest BCUT2D eigenvalue weighted by molar-refractivity contribution is 8.26. The van der Waals surface area contributed by atoms with Gasteiger partial charge in [0.2, 0.25) is 0 Å². The lowest BCUT2D eigenvalue weighted by atomic mass is 9.85. The van der Waals surface area contributed by atoms with E-state index in [1.165, 1.54) is 11.8 Å². The highest BCUT2D eigenvalue weighted by Crippen LogP contribution is 2.36. The Kier molecular flexibility index (Phi) is 8.60. The number of nitrogens with zero attached hydrogens (tertiary/aromatic N) is 1. The second kappa shape index (κ2) is 11.7. The average Bonchev–Trinajstić information content (AvgIpc) is 3.18. The van der Waals surface area contributed by atoms with Crippen molar-refractivity contribution in [2.24, 2.45) is 0 Å². The predicted molar refractivity (Wildman–Crippen MR) is 163 cm³/mol. The SMILES string of the molecule is CC(C)(C)OC(=O)CNC(=O)c1cc(CN2C(=O)COc3ccc(/C=C4/SC(=S)NC4=O)cc32)cc(C(C)(C)C)c1. The van der Waals surface area contributed by atoms with Gasteiger partial charge in [-0.3, -0.25) is 19.2 Å². The Labute approximate surface area is 249 Å². The summed E-state index contributed by atoms with van der Waals surface area (Å²) in [7, 11) is 0. The first-order valence-electron chi connectivity index (χ1n) is 13.1. The number of anilines is 1. The topological polar surface area (TPSA) is 114 Å². The third kappa shape index (κ3) is 7.74. The molecule has 2 aliphatic heterocycles. The number of hydrogen-bond acceptors (Lipinski definition) is 8. The Morgan fingerprint density at radius 1 is 1.12 bits per heavy atom. The summed E-state index contributed by atoms with van der Waals surface area (Å²) < 4.78 is 11.4. The van der Waals surface area contributed by atoms with Gasteiger partial charge in [0.1, 0.15) is 22.2 Å². The van der Waals surface area contributed by atoms with E-state index in [9.17, 15) is 19.2 Å². The quantitative estimate of drug-likeness (QED) is 0.286. The zero-order valence-electron chi connectivity index (χ0n) is 23.9. The molecule has 9 nitrogen and oxygen atoms in total. The molecule has 2 aromatic carbocycles. The molecular weight excluding hydrogens is 562 g/mol. The molecule has 0 saturated carbocycles. The maximum Gasteiger partial charge on any atom is 0.325 e. The van der Waals surface area contributed by atoms with Gasteiger partial charge < -0.3 is 25.0 Å². The lowest BCUT2D eigenvalue weighted by molar-refractivity contribution is -0.153. The fourth-order valence-electron chi connectivity index (χ4n) is 4.22. The summed E-state index contributed by atoms with van der Waals surface area (Å²) in [5, 5.41) is 5.23. The molecule has 0 bridgehead atoms.